The Labute approximate surface area is 144 Å². The van der Waals surface area contributed by atoms with E-state index in [1.54, 1.807) is 24.5 Å². The van der Waals surface area contributed by atoms with Crippen LogP contribution in [0, 0.1) is 5.82 Å². The van der Waals surface area contributed by atoms with Crippen LogP contribution in [0.4, 0.5) is 4.39 Å². The van der Waals surface area contributed by atoms with Gasteiger partial charge < -0.3 is 19.5 Å². The standard InChI is InChI=1S/C18H19FN2O4/c19-15-1-3-16(4-2-15)25-13-18(23)11-21(9-10-24-12-18)17(22)14-5-7-20-8-6-14/h1-8,23H,9-13H2/t18-/m0/s1. The van der Waals surface area contributed by atoms with E-state index >= 15 is 0 Å². The first-order chi connectivity index (χ1) is 12.1. The number of β-amino-alcohol motifs (C(OH)–C–C–N with tert-alkyl or cyclic N) is 1. The highest BCUT2D eigenvalue weighted by atomic mass is 19.1. The van der Waals surface area contributed by atoms with Crippen LogP contribution in [0.15, 0.2) is 48.8 Å². The number of carbonyl (C=O) groups is 1. The number of ether oxygens (including phenoxy) is 2. The second kappa shape index (κ2) is 7.58. The zero-order valence-corrected chi connectivity index (χ0v) is 13.6. The third-order valence-corrected chi connectivity index (χ3v) is 3.90. The molecule has 2 aromatic rings. The number of benzene rings is 1. The molecule has 1 aliphatic heterocycles. The molecule has 0 unspecified atom stereocenters. The zero-order chi connectivity index (χ0) is 17.7. The maximum absolute atomic E-state index is 12.9. The first kappa shape index (κ1) is 17.3. The molecule has 7 heteroatoms. The molecule has 132 valence electrons. The molecular weight excluding hydrogens is 327 g/mol. The predicted molar refractivity (Wildman–Crippen MR) is 87.8 cm³/mol. The van der Waals surface area contributed by atoms with Crippen LogP contribution < -0.4 is 4.74 Å². The summed E-state index contributed by atoms with van der Waals surface area (Å²) in [5.41, 5.74) is -0.855. The number of carbonyl (C=O) groups excluding carboxylic acids is 1. The molecule has 0 saturated carbocycles. The molecule has 1 aliphatic rings. The van der Waals surface area contributed by atoms with Gasteiger partial charge >= 0.3 is 0 Å². The molecule has 3 rings (SSSR count). The van der Waals surface area contributed by atoms with Gasteiger partial charge in [0.2, 0.25) is 0 Å². The summed E-state index contributed by atoms with van der Waals surface area (Å²) in [6, 6.07) is 8.78. The minimum absolute atomic E-state index is 0.0499. The highest BCUT2D eigenvalue weighted by Gasteiger charge is 2.35. The van der Waals surface area contributed by atoms with Crippen molar-refractivity contribution in [3.05, 3.63) is 60.2 Å². The average molecular weight is 346 g/mol. The highest BCUT2D eigenvalue weighted by Crippen LogP contribution is 2.18. The lowest BCUT2D eigenvalue weighted by atomic mass is 10.1. The van der Waals surface area contributed by atoms with Crippen molar-refractivity contribution in [2.75, 3.05) is 32.9 Å². The van der Waals surface area contributed by atoms with E-state index in [1.165, 1.54) is 29.2 Å². The van der Waals surface area contributed by atoms with Crippen LogP contribution in [0.25, 0.3) is 0 Å². The van der Waals surface area contributed by atoms with E-state index in [-0.39, 0.29) is 31.5 Å². The molecule has 0 bridgehead atoms. The zero-order valence-electron chi connectivity index (χ0n) is 13.6. The Morgan fingerprint density at radius 2 is 2.00 bits per heavy atom. The van der Waals surface area contributed by atoms with Gasteiger partial charge in [-0.3, -0.25) is 9.78 Å². The molecule has 0 spiro atoms. The second-order valence-electron chi connectivity index (χ2n) is 5.98. The van der Waals surface area contributed by atoms with Crippen LogP contribution in [0.2, 0.25) is 0 Å². The molecule has 1 saturated heterocycles. The van der Waals surface area contributed by atoms with Crippen molar-refractivity contribution in [3.8, 4) is 5.75 Å². The monoisotopic (exact) mass is 346 g/mol. The van der Waals surface area contributed by atoms with Crippen LogP contribution in [0.5, 0.6) is 5.75 Å². The quantitative estimate of drug-likeness (QED) is 0.908. The molecule has 6 nitrogen and oxygen atoms in total. The lowest BCUT2D eigenvalue weighted by Gasteiger charge is -2.30. The summed E-state index contributed by atoms with van der Waals surface area (Å²) in [5, 5.41) is 10.8. The summed E-state index contributed by atoms with van der Waals surface area (Å²) in [5.74, 6) is -0.128. The van der Waals surface area contributed by atoms with Crippen LogP contribution >= 0.6 is 0 Å². The van der Waals surface area contributed by atoms with E-state index < -0.39 is 5.60 Å². The lowest BCUT2D eigenvalue weighted by molar-refractivity contribution is -0.0621. The largest absolute Gasteiger partial charge is 0.490 e. The van der Waals surface area contributed by atoms with Crippen molar-refractivity contribution < 1.29 is 23.8 Å². The van der Waals surface area contributed by atoms with Gasteiger partial charge in [-0.15, -0.1) is 0 Å². The molecule has 1 atom stereocenters. The third-order valence-electron chi connectivity index (χ3n) is 3.90. The Hall–Kier alpha value is -2.51. The fraction of sp³-hybridized carbons (Fsp3) is 0.333. The molecule has 0 radical (unpaired) electrons. The van der Waals surface area contributed by atoms with Crippen molar-refractivity contribution in [1.29, 1.82) is 0 Å². The number of aliphatic hydroxyl groups is 1. The number of nitrogens with zero attached hydrogens (tertiary/aromatic N) is 2. The minimum Gasteiger partial charge on any atom is -0.490 e. The van der Waals surface area contributed by atoms with Gasteiger partial charge in [0.1, 0.15) is 23.8 Å². The average Bonchev–Trinajstić information content (AvgIpc) is 2.84. The van der Waals surface area contributed by atoms with Gasteiger partial charge in [0, 0.05) is 24.5 Å². The summed E-state index contributed by atoms with van der Waals surface area (Å²) in [6.07, 6.45) is 3.09. The molecule has 1 fully saturated rings. The summed E-state index contributed by atoms with van der Waals surface area (Å²) >= 11 is 0. The topological polar surface area (TPSA) is 71.9 Å². The molecular formula is C18H19FN2O4. The molecule has 25 heavy (non-hydrogen) atoms. The SMILES string of the molecule is O=C(c1ccncc1)N1CCOC[C@](O)(COc2ccc(F)cc2)C1. The number of hydrogen-bond acceptors (Lipinski definition) is 5. The first-order valence-corrected chi connectivity index (χ1v) is 7.94. The van der Waals surface area contributed by atoms with Gasteiger partial charge in [-0.2, -0.15) is 0 Å². The Kier molecular flexibility index (Phi) is 5.25. The molecule has 0 aliphatic carbocycles. The molecule has 1 aromatic carbocycles. The van der Waals surface area contributed by atoms with Crippen molar-refractivity contribution in [1.82, 2.24) is 9.88 Å². The lowest BCUT2D eigenvalue weighted by Crippen LogP contribution is -2.50. The van der Waals surface area contributed by atoms with Gasteiger partial charge in [-0.05, 0) is 36.4 Å². The molecule has 1 N–H and O–H groups in total. The molecule has 1 amide bonds. The van der Waals surface area contributed by atoms with E-state index in [0.29, 0.717) is 24.5 Å². The normalized spacial score (nSPS) is 20.8. The van der Waals surface area contributed by atoms with Gasteiger partial charge in [0.15, 0.2) is 0 Å². The maximum Gasteiger partial charge on any atom is 0.254 e. The number of halogens is 1. The summed E-state index contributed by atoms with van der Waals surface area (Å²) in [7, 11) is 0. The number of pyridine rings is 1. The van der Waals surface area contributed by atoms with Crippen LogP contribution in [0.3, 0.4) is 0 Å². The van der Waals surface area contributed by atoms with Gasteiger partial charge in [-0.25, -0.2) is 4.39 Å². The van der Waals surface area contributed by atoms with Crippen LogP contribution in [0.1, 0.15) is 10.4 Å². The van der Waals surface area contributed by atoms with Gasteiger partial charge in [-0.1, -0.05) is 0 Å². The van der Waals surface area contributed by atoms with E-state index in [4.69, 9.17) is 9.47 Å². The third kappa shape index (κ3) is 4.52. The van der Waals surface area contributed by atoms with E-state index in [9.17, 15) is 14.3 Å². The van der Waals surface area contributed by atoms with Gasteiger partial charge in [0.25, 0.3) is 5.91 Å². The van der Waals surface area contributed by atoms with Crippen LogP contribution in [-0.4, -0.2) is 59.4 Å². The fourth-order valence-corrected chi connectivity index (χ4v) is 2.60. The highest BCUT2D eigenvalue weighted by molar-refractivity contribution is 5.94. The van der Waals surface area contributed by atoms with Crippen molar-refractivity contribution in [2.24, 2.45) is 0 Å². The number of hydrogen-bond donors (Lipinski definition) is 1. The summed E-state index contributed by atoms with van der Waals surface area (Å²) in [4.78, 5) is 18.0. The second-order valence-corrected chi connectivity index (χ2v) is 5.98. The Balaban J connectivity index is 1.67. The number of rotatable bonds is 4. The van der Waals surface area contributed by atoms with Crippen LogP contribution in [-0.2, 0) is 4.74 Å². The molecule has 2 heterocycles. The minimum atomic E-state index is -1.35. The maximum atomic E-state index is 12.9. The van der Waals surface area contributed by atoms with Crippen molar-refractivity contribution in [2.45, 2.75) is 5.60 Å². The summed E-state index contributed by atoms with van der Waals surface area (Å²) < 4.78 is 23.9. The van der Waals surface area contributed by atoms with E-state index in [1.807, 2.05) is 0 Å². The van der Waals surface area contributed by atoms with E-state index in [2.05, 4.69) is 4.98 Å². The fourth-order valence-electron chi connectivity index (χ4n) is 2.60. The van der Waals surface area contributed by atoms with E-state index in [0.717, 1.165) is 0 Å². The van der Waals surface area contributed by atoms with Crippen molar-refractivity contribution in [3.63, 3.8) is 0 Å². The van der Waals surface area contributed by atoms with Crippen molar-refractivity contribution >= 4 is 5.91 Å². The smallest absolute Gasteiger partial charge is 0.254 e. The molecule has 1 aromatic heterocycles. The first-order valence-electron chi connectivity index (χ1n) is 7.94. The summed E-state index contributed by atoms with van der Waals surface area (Å²) in [6.45, 7) is 0.762. The van der Waals surface area contributed by atoms with Gasteiger partial charge in [0.05, 0.1) is 19.8 Å². The number of amides is 1. The predicted octanol–water partition coefficient (Wildman–Crippen LogP) is 1.50. The number of aromatic nitrogens is 1. The Morgan fingerprint density at radius 3 is 2.72 bits per heavy atom. The Bertz CT molecular complexity index is 711. The Morgan fingerprint density at radius 1 is 1.28 bits per heavy atom.